The highest BCUT2D eigenvalue weighted by Crippen LogP contribution is 2.27. The highest BCUT2D eigenvalue weighted by molar-refractivity contribution is 7.09. The molecule has 5 nitrogen and oxygen atoms in total. The SMILES string of the molecule is CCCc1c(N)ncnc1NC(CC)c1nccs1. The Bertz CT molecular complexity index is 512. The van der Waals surface area contributed by atoms with E-state index in [-0.39, 0.29) is 6.04 Å². The number of anilines is 2. The number of nitrogen functional groups attached to an aromatic ring is 1. The predicted molar refractivity (Wildman–Crippen MR) is 79.2 cm³/mol. The summed E-state index contributed by atoms with van der Waals surface area (Å²) in [5, 5.41) is 6.50. The lowest BCUT2D eigenvalue weighted by Gasteiger charge is -2.18. The fourth-order valence-corrected chi connectivity index (χ4v) is 2.73. The van der Waals surface area contributed by atoms with E-state index in [1.165, 1.54) is 6.33 Å². The van der Waals surface area contributed by atoms with Crippen LogP contribution in [0.2, 0.25) is 0 Å². The van der Waals surface area contributed by atoms with Crippen LogP contribution in [-0.4, -0.2) is 15.0 Å². The van der Waals surface area contributed by atoms with Crippen LogP contribution in [0.1, 0.15) is 43.3 Å². The number of aromatic nitrogens is 3. The largest absolute Gasteiger partial charge is 0.383 e. The number of hydrogen-bond acceptors (Lipinski definition) is 6. The molecule has 2 rings (SSSR count). The maximum atomic E-state index is 5.94. The van der Waals surface area contributed by atoms with E-state index in [2.05, 4.69) is 34.1 Å². The number of hydrogen-bond donors (Lipinski definition) is 2. The van der Waals surface area contributed by atoms with Gasteiger partial charge in [-0.25, -0.2) is 15.0 Å². The van der Waals surface area contributed by atoms with Gasteiger partial charge in [-0.05, 0) is 12.8 Å². The first-order valence-corrected chi connectivity index (χ1v) is 7.39. The van der Waals surface area contributed by atoms with Gasteiger partial charge in [0.15, 0.2) is 0 Å². The standard InChI is InChI=1S/C13H19N5S/c1-3-5-9-11(14)16-8-17-12(9)18-10(4-2)13-15-6-7-19-13/h6-8,10H,3-5H2,1-2H3,(H3,14,16,17,18). The van der Waals surface area contributed by atoms with Gasteiger partial charge in [0.1, 0.15) is 23.0 Å². The summed E-state index contributed by atoms with van der Waals surface area (Å²) in [6, 6.07) is 0.171. The van der Waals surface area contributed by atoms with Crippen LogP contribution in [0, 0.1) is 0 Å². The molecule has 6 heteroatoms. The zero-order valence-electron chi connectivity index (χ0n) is 11.3. The summed E-state index contributed by atoms with van der Waals surface area (Å²) in [6.45, 7) is 4.25. The summed E-state index contributed by atoms with van der Waals surface area (Å²) in [5.74, 6) is 1.39. The van der Waals surface area contributed by atoms with Gasteiger partial charge in [0.25, 0.3) is 0 Å². The first kappa shape index (κ1) is 13.7. The second-order valence-corrected chi connectivity index (χ2v) is 5.24. The Morgan fingerprint density at radius 1 is 1.32 bits per heavy atom. The minimum absolute atomic E-state index is 0.171. The quantitative estimate of drug-likeness (QED) is 0.848. The fourth-order valence-electron chi connectivity index (χ4n) is 1.96. The lowest BCUT2D eigenvalue weighted by atomic mass is 10.1. The average Bonchev–Trinajstić information content (AvgIpc) is 2.93. The molecule has 3 N–H and O–H groups in total. The Morgan fingerprint density at radius 3 is 2.79 bits per heavy atom. The average molecular weight is 277 g/mol. The van der Waals surface area contributed by atoms with E-state index in [0.717, 1.165) is 35.7 Å². The molecule has 0 saturated carbocycles. The van der Waals surface area contributed by atoms with Crippen LogP contribution in [0.25, 0.3) is 0 Å². The van der Waals surface area contributed by atoms with Gasteiger partial charge in [-0.15, -0.1) is 11.3 Å². The summed E-state index contributed by atoms with van der Waals surface area (Å²) in [5.41, 5.74) is 6.94. The molecule has 0 spiro atoms. The first-order valence-electron chi connectivity index (χ1n) is 6.51. The number of thiazole rings is 1. The molecule has 0 aliphatic rings. The molecule has 1 atom stereocenters. The molecule has 1 unspecified atom stereocenters. The zero-order chi connectivity index (χ0) is 13.7. The Balaban J connectivity index is 2.24. The molecule has 0 aliphatic carbocycles. The van der Waals surface area contributed by atoms with Gasteiger partial charge in [0, 0.05) is 17.1 Å². The minimum Gasteiger partial charge on any atom is -0.383 e. The maximum Gasteiger partial charge on any atom is 0.135 e. The molecule has 19 heavy (non-hydrogen) atoms. The number of nitrogens with two attached hydrogens (primary N) is 1. The molecule has 2 aromatic rings. The molecular formula is C13H19N5S. The lowest BCUT2D eigenvalue weighted by Crippen LogP contribution is -2.14. The molecule has 0 radical (unpaired) electrons. The number of rotatable bonds is 6. The first-order chi connectivity index (χ1) is 9.26. The van der Waals surface area contributed by atoms with Crippen molar-refractivity contribution in [1.82, 2.24) is 15.0 Å². The number of nitrogens with zero attached hydrogens (tertiary/aromatic N) is 3. The van der Waals surface area contributed by atoms with Crippen LogP contribution >= 0.6 is 11.3 Å². The summed E-state index contributed by atoms with van der Waals surface area (Å²) in [7, 11) is 0. The van der Waals surface area contributed by atoms with Crippen LogP contribution in [0.15, 0.2) is 17.9 Å². The van der Waals surface area contributed by atoms with Crippen LogP contribution in [-0.2, 0) is 6.42 Å². The third kappa shape index (κ3) is 3.20. The van der Waals surface area contributed by atoms with Crippen LogP contribution in [0.5, 0.6) is 0 Å². The van der Waals surface area contributed by atoms with Crippen molar-refractivity contribution in [3.63, 3.8) is 0 Å². The van der Waals surface area contributed by atoms with Gasteiger partial charge in [-0.2, -0.15) is 0 Å². The fraction of sp³-hybridized carbons (Fsp3) is 0.462. The molecule has 0 fully saturated rings. The van der Waals surface area contributed by atoms with E-state index in [4.69, 9.17) is 5.73 Å². The van der Waals surface area contributed by atoms with E-state index in [0.29, 0.717) is 5.82 Å². The molecule has 102 valence electrons. The van der Waals surface area contributed by atoms with E-state index in [9.17, 15) is 0 Å². The van der Waals surface area contributed by atoms with Crippen molar-refractivity contribution < 1.29 is 0 Å². The smallest absolute Gasteiger partial charge is 0.135 e. The van der Waals surface area contributed by atoms with Crippen molar-refractivity contribution >= 4 is 23.0 Å². The van der Waals surface area contributed by atoms with Gasteiger partial charge in [0.2, 0.25) is 0 Å². The normalized spacial score (nSPS) is 12.3. The van der Waals surface area contributed by atoms with Gasteiger partial charge >= 0.3 is 0 Å². The molecule has 0 aliphatic heterocycles. The van der Waals surface area contributed by atoms with Gasteiger partial charge in [0.05, 0.1) is 6.04 Å². The Kier molecular flexibility index (Phi) is 4.68. The van der Waals surface area contributed by atoms with Crippen molar-refractivity contribution in [2.75, 3.05) is 11.1 Å². The second-order valence-electron chi connectivity index (χ2n) is 4.31. The molecule has 0 aromatic carbocycles. The van der Waals surface area contributed by atoms with Crippen molar-refractivity contribution in [3.8, 4) is 0 Å². The number of nitrogens with one attached hydrogen (secondary N) is 1. The van der Waals surface area contributed by atoms with Crippen molar-refractivity contribution in [1.29, 1.82) is 0 Å². The van der Waals surface area contributed by atoms with E-state index >= 15 is 0 Å². The van der Waals surface area contributed by atoms with E-state index in [1.807, 2.05) is 11.6 Å². The van der Waals surface area contributed by atoms with Crippen LogP contribution in [0.4, 0.5) is 11.6 Å². The monoisotopic (exact) mass is 277 g/mol. The predicted octanol–water partition coefficient (Wildman–Crippen LogP) is 3.03. The molecule has 2 heterocycles. The topological polar surface area (TPSA) is 76.7 Å². The summed E-state index contributed by atoms with van der Waals surface area (Å²) in [6.07, 6.45) is 6.17. The van der Waals surface area contributed by atoms with Gasteiger partial charge in [-0.1, -0.05) is 20.3 Å². The van der Waals surface area contributed by atoms with Crippen molar-refractivity contribution in [2.24, 2.45) is 0 Å². The summed E-state index contributed by atoms with van der Waals surface area (Å²) >= 11 is 1.65. The second kappa shape index (κ2) is 6.47. The lowest BCUT2D eigenvalue weighted by molar-refractivity contribution is 0.733. The van der Waals surface area contributed by atoms with Crippen LogP contribution in [0.3, 0.4) is 0 Å². The summed E-state index contributed by atoms with van der Waals surface area (Å²) < 4.78 is 0. The highest BCUT2D eigenvalue weighted by Gasteiger charge is 2.15. The minimum atomic E-state index is 0.171. The van der Waals surface area contributed by atoms with Crippen LogP contribution < -0.4 is 11.1 Å². The molecule has 0 bridgehead atoms. The summed E-state index contributed by atoms with van der Waals surface area (Å²) in [4.78, 5) is 12.8. The van der Waals surface area contributed by atoms with E-state index in [1.54, 1.807) is 11.3 Å². The Hall–Kier alpha value is -1.69. The molecule has 0 saturated heterocycles. The van der Waals surface area contributed by atoms with Gasteiger partial charge in [-0.3, -0.25) is 0 Å². The van der Waals surface area contributed by atoms with Crippen molar-refractivity contribution in [3.05, 3.63) is 28.5 Å². The Morgan fingerprint density at radius 2 is 2.16 bits per heavy atom. The van der Waals surface area contributed by atoms with Crippen molar-refractivity contribution in [2.45, 2.75) is 39.2 Å². The highest BCUT2D eigenvalue weighted by atomic mass is 32.1. The molecule has 0 amide bonds. The van der Waals surface area contributed by atoms with Gasteiger partial charge < -0.3 is 11.1 Å². The third-order valence-electron chi connectivity index (χ3n) is 2.95. The molecular weight excluding hydrogens is 258 g/mol. The maximum absolute atomic E-state index is 5.94. The third-order valence-corrected chi connectivity index (χ3v) is 3.84. The van der Waals surface area contributed by atoms with E-state index < -0.39 is 0 Å². The Labute approximate surface area is 117 Å². The zero-order valence-corrected chi connectivity index (χ0v) is 12.1. The molecule has 2 aromatic heterocycles.